The predicted molar refractivity (Wildman–Crippen MR) is 132 cm³/mol. The summed E-state index contributed by atoms with van der Waals surface area (Å²) in [5.41, 5.74) is -0.499. The molecule has 1 amide bonds. The quantitative estimate of drug-likeness (QED) is 0.160. The lowest BCUT2D eigenvalue weighted by atomic mass is 10.1. The lowest BCUT2D eigenvalue weighted by Gasteiger charge is -2.24. The standard InChI is InChI=1S/C21H42N4O4.HI/c1-6-7-9-17(16-24-20(26)29-21(2,3)4)25-19(22-5)23-12-8-13-28-18-10-14-27-15-11-18;/h17-18H,6-16H2,1-5H3,(H,24,26)(H2,22,23,25);1H. The molecule has 1 rings (SSSR count). The Bertz CT molecular complexity index is 480. The third-order valence-electron chi connectivity index (χ3n) is 4.50. The number of alkyl carbamates (subject to hydrolysis) is 1. The van der Waals surface area contributed by atoms with Crippen LogP contribution in [0, 0.1) is 0 Å². The monoisotopic (exact) mass is 542 g/mol. The van der Waals surface area contributed by atoms with Crippen LogP contribution in [0.15, 0.2) is 4.99 Å². The van der Waals surface area contributed by atoms with E-state index in [1.54, 1.807) is 7.05 Å². The van der Waals surface area contributed by atoms with E-state index in [9.17, 15) is 4.79 Å². The van der Waals surface area contributed by atoms with Crippen LogP contribution in [0.25, 0.3) is 0 Å². The first kappa shape index (κ1) is 29.2. The third kappa shape index (κ3) is 15.1. The summed E-state index contributed by atoms with van der Waals surface area (Å²) in [5, 5.41) is 9.59. The van der Waals surface area contributed by atoms with Gasteiger partial charge in [-0.3, -0.25) is 4.99 Å². The first-order valence-corrected chi connectivity index (χ1v) is 11.0. The molecule has 0 aromatic heterocycles. The zero-order chi connectivity index (χ0) is 21.5. The van der Waals surface area contributed by atoms with Crippen molar-refractivity contribution in [1.29, 1.82) is 0 Å². The van der Waals surface area contributed by atoms with E-state index >= 15 is 0 Å². The molecule has 1 heterocycles. The molecule has 1 atom stereocenters. The summed E-state index contributed by atoms with van der Waals surface area (Å²) in [5.74, 6) is 0.739. The number of hydrogen-bond acceptors (Lipinski definition) is 5. The second-order valence-electron chi connectivity index (χ2n) is 8.40. The number of hydrogen-bond donors (Lipinski definition) is 3. The summed E-state index contributed by atoms with van der Waals surface area (Å²) in [6, 6.07) is 0.0900. The maximum atomic E-state index is 11.9. The van der Waals surface area contributed by atoms with E-state index in [4.69, 9.17) is 14.2 Å². The molecule has 1 saturated heterocycles. The Hall–Kier alpha value is -0.810. The van der Waals surface area contributed by atoms with Crippen LogP contribution in [0.2, 0.25) is 0 Å². The van der Waals surface area contributed by atoms with Crippen LogP contribution < -0.4 is 16.0 Å². The maximum Gasteiger partial charge on any atom is 0.407 e. The molecule has 8 nitrogen and oxygen atoms in total. The number of nitrogens with zero attached hydrogens (tertiary/aromatic N) is 1. The van der Waals surface area contributed by atoms with E-state index in [0.29, 0.717) is 12.6 Å². The number of halogens is 1. The molecule has 9 heteroatoms. The minimum atomic E-state index is -0.499. The molecule has 0 bridgehead atoms. The molecule has 0 saturated carbocycles. The summed E-state index contributed by atoms with van der Waals surface area (Å²) in [6.45, 7) is 11.3. The fourth-order valence-corrected chi connectivity index (χ4v) is 2.96. The van der Waals surface area contributed by atoms with Gasteiger partial charge in [0.1, 0.15) is 5.60 Å². The number of aliphatic imine (C=N–C) groups is 1. The number of carbonyl (C=O) groups excluding carboxylic acids is 1. The second-order valence-corrected chi connectivity index (χ2v) is 8.40. The first-order valence-electron chi connectivity index (χ1n) is 11.0. The van der Waals surface area contributed by atoms with Gasteiger partial charge >= 0.3 is 6.09 Å². The molecule has 0 aromatic carbocycles. The topological polar surface area (TPSA) is 93.2 Å². The average Bonchev–Trinajstić information content (AvgIpc) is 2.68. The van der Waals surface area contributed by atoms with Crippen molar-refractivity contribution in [1.82, 2.24) is 16.0 Å². The van der Waals surface area contributed by atoms with Crippen LogP contribution in [0.1, 0.15) is 66.2 Å². The molecule has 30 heavy (non-hydrogen) atoms. The molecule has 0 spiro atoms. The van der Waals surface area contributed by atoms with E-state index in [1.165, 1.54) is 0 Å². The Kier molecular flexibility index (Phi) is 16.4. The highest BCUT2D eigenvalue weighted by molar-refractivity contribution is 14.0. The van der Waals surface area contributed by atoms with Gasteiger partial charge in [-0.2, -0.15) is 0 Å². The third-order valence-corrected chi connectivity index (χ3v) is 4.50. The van der Waals surface area contributed by atoms with E-state index in [2.05, 4.69) is 27.9 Å². The molecule has 1 unspecified atom stereocenters. The van der Waals surface area contributed by atoms with E-state index in [0.717, 1.165) is 70.8 Å². The summed E-state index contributed by atoms with van der Waals surface area (Å²) in [6.07, 6.45) is 5.94. The van der Waals surface area contributed by atoms with Crippen molar-refractivity contribution >= 4 is 36.0 Å². The fourth-order valence-electron chi connectivity index (χ4n) is 2.96. The Labute approximate surface area is 199 Å². The Morgan fingerprint density at radius 2 is 1.90 bits per heavy atom. The van der Waals surface area contributed by atoms with Crippen LogP contribution in [-0.4, -0.2) is 69.8 Å². The van der Waals surface area contributed by atoms with Gasteiger partial charge in [-0.25, -0.2) is 4.79 Å². The smallest absolute Gasteiger partial charge is 0.407 e. The largest absolute Gasteiger partial charge is 0.444 e. The summed E-state index contributed by atoms with van der Waals surface area (Å²) < 4.78 is 16.6. The highest BCUT2D eigenvalue weighted by Crippen LogP contribution is 2.10. The van der Waals surface area contributed by atoms with Crippen molar-refractivity contribution < 1.29 is 19.0 Å². The molecule has 0 aliphatic carbocycles. The van der Waals surface area contributed by atoms with E-state index < -0.39 is 11.7 Å². The Balaban J connectivity index is 0.00000841. The number of amides is 1. The highest BCUT2D eigenvalue weighted by Gasteiger charge is 2.18. The van der Waals surface area contributed by atoms with Gasteiger partial charge in [0.15, 0.2) is 5.96 Å². The highest BCUT2D eigenvalue weighted by atomic mass is 127. The van der Waals surface area contributed by atoms with E-state index in [-0.39, 0.29) is 30.0 Å². The lowest BCUT2D eigenvalue weighted by Crippen LogP contribution is -2.49. The van der Waals surface area contributed by atoms with Gasteiger partial charge in [0.05, 0.1) is 6.10 Å². The zero-order valence-electron chi connectivity index (χ0n) is 19.4. The number of unbranched alkanes of at least 4 members (excludes halogenated alkanes) is 1. The van der Waals surface area contributed by atoms with Crippen LogP contribution in [0.5, 0.6) is 0 Å². The summed E-state index contributed by atoms with van der Waals surface area (Å²) >= 11 is 0. The molecule has 0 radical (unpaired) electrons. The van der Waals surface area contributed by atoms with Gasteiger partial charge in [-0.1, -0.05) is 19.8 Å². The zero-order valence-corrected chi connectivity index (χ0v) is 21.8. The van der Waals surface area contributed by atoms with Gasteiger partial charge in [0.2, 0.25) is 0 Å². The minimum Gasteiger partial charge on any atom is -0.444 e. The number of carbonyl (C=O) groups is 1. The van der Waals surface area contributed by atoms with Gasteiger partial charge < -0.3 is 30.2 Å². The van der Waals surface area contributed by atoms with Crippen LogP contribution >= 0.6 is 24.0 Å². The van der Waals surface area contributed by atoms with E-state index in [1.807, 2.05) is 20.8 Å². The summed E-state index contributed by atoms with van der Waals surface area (Å²) in [4.78, 5) is 16.2. The number of guanidine groups is 1. The number of ether oxygens (including phenoxy) is 3. The molecular formula is C21H43IN4O4. The molecule has 1 fully saturated rings. The molecule has 1 aliphatic heterocycles. The van der Waals surface area contributed by atoms with Crippen molar-refractivity contribution in [3.8, 4) is 0 Å². The van der Waals surface area contributed by atoms with Crippen LogP contribution in [-0.2, 0) is 14.2 Å². The number of nitrogens with one attached hydrogen (secondary N) is 3. The van der Waals surface area contributed by atoms with Crippen molar-refractivity contribution in [2.75, 3.05) is 40.0 Å². The predicted octanol–water partition coefficient (Wildman–Crippen LogP) is 3.44. The van der Waals surface area contributed by atoms with Gasteiger partial charge in [0.25, 0.3) is 0 Å². The second kappa shape index (κ2) is 16.8. The van der Waals surface area contributed by atoms with Gasteiger partial charge in [0, 0.05) is 46.0 Å². The van der Waals surface area contributed by atoms with Gasteiger partial charge in [-0.15, -0.1) is 24.0 Å². The lowest BCUT2D eigenvalue weighted by molar-refractivity contribution is -0.0320. The average molecular weight is 543 g/mol. The van der Waals surface area contributed by atoms with Crippen LogP contribution in [0.3, 0.4) is 0 Å². The first-order chi connectivity index (χ1) is 13.8. The minimum absolute atomic E-state index is 0. The van der Waals surface area contributed by atoms with Crippen LogP contribution in [0.4, 0.5) is 4.79 Å². The normalized spacial score (nSPS) is 16.4. The number of rotatable bonds is 11. The SMILES string of the molecule is CCCCC(CNC(=O)OC(C)(C)C)NC(=NC)NCCCOC1CCOCC1.I. The molecular weight excluding hydrogens is 499 g/mol. The Morgan fingerprint density at radius 1 is 1.20 bits per heavy atom. The molecule has 178 valence electrons. The van der Waals surface area contributed by atoms with Crippen molar-refractivity contribution in [3.05, 3.63) is 0 Å². The maximum absolute atomic E-state index is 11.9. The molecule has 0 aromatic rings. The Morgan fingerprint density at radius 3 is 2.50 bits per heavy atom. The van der Waals surface area contributed by atoms with Crippen molar-refractivity contribution in [2.45, 2.75) is 84.0 Å². The molecule has 3 N–H and O–H groups in total. The summed E-state index contributed by atoms with van der Waals surface area (Å²) in [7, 11) is 1.76. The molecule has 1 aliphatic rings. The van der Waals surface area contributed by atoms with Crippen molar-refractivity contribution in [2.24, 2.45) is 4.99 Å². The van der Waals surface area contributed by atoms with Gasteiger partial charge in [-0.05, 0) is 46.5 Å². The fraction of sp³-hybridized carbons (Fsp3) is 0.905. The van der Waals surface area contributed by atoms with Crippen molar-refractivity contribution in [3.63, 3.8) is 0 Å².